The smallest absolute Gasteiger partial charge is 0.220 e. The van der Waals surface area contributed by atoms with E-state index in [-0.39, 0.29) is 18.9 Å². The molecule has 1 fully saturated rings. The number of ether oxygens (including phenoxy) is 2. The van der Waals surface area contributed by atoms with Gasteiger partial charge in [-0.2, -0.15) is 0 Å². The van der Waals surface area contributed by atoms with Crippen LogP contribution in [0.5, 0.6) is 0 Å². The molecule has 0 aliphatic carbocycles. The standard InChI is InChI=1S/C42H79NO9/c1-3-5-7-9-11-13-15-17-18-19-21-23-25-27-29-31-37(46)43-34(33-51-42-41(50)40(49)39(48)36(32-44)52-42)38(47)35(45)30-28-26-24-22-20-16-14-12-10-8-6-4-2/h11,13,15,17,34-36,38-42,44-45,47-50H,3-10,12,14,16,18-33H2,1-2H3,(H,43,46)/b13-11-,17-15+/t34-,35+,36?,38-,39?,40?,41?,42?/m0/s1. The molecule has 10 heteroatoms. The lowest BCUT2D eigenvalue weighted by molar-refractivity contribution is -0.303. The van der Waals surface area contributed by atoms with Gasteiger partial charge < -0.3 is 45.4 Å². The Bertz CT molecular complexity index is 886. The van der Waals surface area contributed by atoms with E-state index in [0.29, 0.717) is 12.8 Å². The van der Waals surface area contributed by atoms with Crippen LogP contribution in [0.3, 0.4) is 0 Å². The van der Waals surface area contributed by atoms with Gasteiger partial charge in [0.25, 0.3) is 0 Å². The highest BCUT2D eigenvalue weighted by molar-refractivity contribution is 5.76. The van der Waals surface area contributed by atoms with Gasteiger partial charge in [-0.3, -0.25) is 4.79 Å². The monoisotopic (exact) mass is 742 g/mol. The molecule has 0 aromatic carbocycles. The molecule has 0 bridgehead atoms. The average molecular weight is 742 g/mol. The molecule has 8 atom stereocenters. The van der Waals surface area contributed by atoms with Crippen LogP contribution in [0.25, 0.3) is 0 Å². The van der Waals surface area contributed by atoms with Crippen molar-refractivity contribution < 1.29 is 44.9 Å². The summed E-state index contributed by atoms with van der Waals surface area (Å²) in [5.41, 5.74) is 0. The van der Waals surface area contributed by atoms with Crippen LogP contribution in [0.15, 0.2) is 24.3 Å². The van der Waals surface area contributed by atoms with Crippen molar-refractivity contribution in [2.45, 2.75) is 223 Å². The maximum atomic E-state index is 12.9. The van der Waals surface area contributed by atoms with Gasteiger partial charge >= 0.3 is 0 Å². The fraction of sp³-hybridized carbons (Fsp3) is 0.881. The summed E-state index contributed by atoms with van der Waals surface area (Å²) in [6, 6.07) is -0.994. The van der Waals surface area contributed by atoms with Crippen molar-refractivity contribution in [2.75, 3.05) is 13.2 Å². The SMILES string of the molecule is CCCCC/C=C\C=C\CCCCCCCCC(=O)N[C@@H](COC1OC(CO)C(O)C(O)C1O)[C@H](O)[C@H](O)CCCCCCCCCCCCCC. The highest BCUT2D eigenvalue weighted by Gasteiger charge is 2.44. The van der Waals surface area contributed by atoms with E-state index in [0.717, 1.165) is 70.6 Å². The van der Waals surface area contributed by atoms with Crippen LogP contribution < -0.4 is 5.32 Å². The quantitative estimate of drug-likeness (QED) is 0.0274. The number of aliphatic hydroxyl groups excluding tert-OH is 6. The fourth-order valence-electron chi connectivity index (χ4n) is 6.66. The number of rotatable bonds is 34. The predicted octanol–water partition coefficient (Wildman–Crippen LogP) is 6.91. The molecule has 7 N–H and O–H groups in total. The van der Waals surface area contributed by atoms with Gasteiger partial charge in [0.15, 0.2) is 6.29 Å². The summed E-state index contributed by atoms with van der Waals surface area (Å²) in [5.74, 6) is -0.271. The Kier molecular flexibility index (Phi) is 30.9. The van der Waals surface area contributed by atoms with Crippen LogP contribution >= 0.6 is 0 Å². The Hall–Kier alpha value is -1.37. The predicted molar refractivity (Wildman–Crippen MR) is 209 cm³/mol. The van der Waals surface area contributed by atoms with E-state index >= 15 is 0 Å². The van der Waals surface area contributed by atoms with E-state index in [2.05, 4.69) is 43.5 Å². The molecular weight excluding hydrogens is 662 g/mol. The lowest BCUT2D eigenvalue weighted by Gasteiger charge is -2.40. The Morgan fingerprint density at radius 2 is 1.15 bits per heavy atom. The summed E-state index contributed by atoms with van der Waals surface area (Å²) in [6.07, 6.45) is 26.1. The van der Waals surface area contributed by atoms with Gasteiger partial charge in [0.2, 0.25) is 5.91 Å². The van der Waals surface area contributed by atoms with Gasteiger partial charge in [0.05, 0.1) is 25.4 Å². The first-order valence-electron chi connectivity index (χ1n) is 21.2. The Morgan fingerprint density at radius 1 is 0.673 bits per heavy atom. The number of nitrogens with one attached hydrogen (secondary N) is 1. The highest BCUT2D eigenvalue weighted by Crippen LogP contribution is 2.23. The first-order chi connectivity index (χ1) is 25.3. The van der Waals surface area contributed by atoms with E-state index in [1.54, 1.807) is 0 Å². The number of carbonyl (C=O) groups excluding carboxylic acids is 1. The first kappa shape index (κ1) is 48.6. The number of unbranched alkanes of at least 4 members (excludes halogenated alkanes) is 20. The Labute approximate surface area is 316 Å². The minimum Gasteiger partial charge on any atom is -0.394 e. The summed E-state index contributed by atoms with van der Waals surface area (Å²) < 4.78 is 11.1. The average Bonchev–Trinajstić information content (AvgIpc) is 3.14. The van der Waals surface area contributed by atoms with Crippen LogP contribution in [0.2, 0.25) is 0 Å². The summed E-state index contributed by atoms with van der Waals surface area (Å²) in [4.78, 5) is 12.9. The topological polar surface area (TPSA) is 169 Å². The number of amides is 1. The van der Waals surface area contributed by atoms with Gasteiger partial charge in [-0.15, -0.1) is 0 Å². The van der Waals surface area contributed by atoms with Gasteiger partial charge in [0.1, 0.15) is 30.5 Å². The number of carbonyl (C=O) groups is 1. The van der Waals surface area contributed by atoms with Crippen molar-refractivity contribution in [2.24, 2.45) is 0 Å². The van der Waals surface area contributed by atoms with Crippen molar-refractivity contribution in [1.29, 1.82) is 0 Å². The summed E-state index contributed by atoms with van der Waals surface area (Å²) >= 11 is 0. The maximum Gasteiger partial charge on any atom is 0.220 e. The number of allylic oxidation sites excluding steroid dienone is 4. The molecule has 1 amide bonds. The van der Waals surface area contributed by atoms with E-state index in [9.17, 15) is 35.4 Å². The number of aliphatic hydroxyl groups is 6. The largest absolute Gasteiger partial charge is 0.394 e. The second kappa shape index (κ2) is 33.0. The molecule has 0 aromatic rings. The van der Waals surface area contributed by atoms with E-state index in [4.69, 9.17) is 9.47 Å². The fourth-order valence-corrected chi connectivity index (χ4v) is 6.66. The Morgan fingerprint density at radius 3 is 1.71 bits per heavy atom. The summed E-state index contributed by atoms with van der Waals surface area (Å²) in [7, 11) is 0. The molecule has 0 aromatic heterocycles. The van der Waals surface area contributed by atoms with E-state index in [1.165, 1.54) is 70.6 Å². The molecule has 1 heterocycles. The molecule has 0 spiro atoms. The minimum absolute atomic E-state index is 0.269. The minimum atomic E-state index is -1.61. The lowest BCUT2D eigenvalue weighted by atomic mass is 9.98. The number of hydrogen-bond acceptors (Lipinski definition) is 9. The third kappa shape index (κ3) is 23.4. The molecule has 10 nitrogen and oxygen atoms in total. The van der Waals surface area contributed by atoms with Crippen molar-refractivity contribution in [3.8, 4) is 0 Å². The lowest BCUT2D eigenvalue weighted by Crippen LogP contribution is -2.60. The van der Waals surface area contributed by atoms with Gasteiger partial charge in [-0.25, -0.2) is 0 Å². The molecule has 1 saturated heterocycles. The summed E-state index contributed by atoms with van der Waals surface area (Å²) in [5, 5.41) is 64.9. The molecule has 52 heavy (non-hydrogen) atoms. The zero-order valence-electron chi connectivity index (χ0n) is 32.9. The second-order valence-electron chi connectivity index (χ2n) is 15.0. The molecule has 1 aliphatic heterocycles. The van der Waals surface area contributed by atoms with Gasteiger partial charge in [0, 0.05) is 6.42 Å². The van der Waals surface area contributed by atoms with Gasteiger partial charge in [-0.1, -0.05) is 154 Å². The zero-order chi connectivity index (χ0) is 38.2. The van der Waals surface area contributed by atoms with Crippen LogP contribution in [0.4, 0.5) is 0 Å². The molecular formula is C42H79NO9. The molecule has 1 rings (SSSR count). The van der Waals surface area contributed by atoms with Crippen LogP contribution in [0.1, 0.15) is 174 Å². The van der Waals surface area contributed by atoms with Crippen molar-refractivity contribution in [3.63, 3.8) is 0 Å². The molecule has 5 unspecified atom stereocenters. The first-order valence-corrected chi connectivity index (χ1v) is 21.2. The van der Waals surface area contributed by atoms with Crippen LogP contribution in [-0.2, 0) is 14.3 Å². The molecule has 0 saturated carbocycles. The van der Waals surface area contributed by atoms with E-state index in [1.807, 2.05) is 0 Å². The molecule has 306 valence electrons. The maximum absolute atomic E-state index is 12.9. The summed E-state index contributed by atoms with van der Waals surface area (Å²) in [6.45, 7) is 3.54. The van der Waals surface area contributed by atoms with Crippen molar-refractivity contribution >= 4 is 5.91 Å². The molecule has 1 aliphatic rings. The third-order valence-corrected chi connectivity index (χ3v) is 10.2. The van der Waals surface area contributed by atoms with Crippen molar-refractivity contribution in [1.82, 2.24) is 5.32 Å². The van der Waals surface area contributed by atoms with Gasteiger partial charge in [-0.05, 0) is 38.5 Å². The molecule has 0 radical (unpaired) electrons. The van der Waals surface area contributed by atoms with E-state index < -0.39 is 55.6 Å². The Balaban J connectivity index is 2.46. The number of hydrogen-bond donors (Lipinski definition) is 7. The van der Waals surface area contributed by atoms with Crippen LogP contribution in [-0.4, -0.2) is 98.7 Å². The van der Waals surface area contributed by atoms with Crippen molar-refractivity contribution in [3.05, 3.63) is 24.3 Å². The normalized spacial score (nSPS) is 22.7. The zero-order valence-corrected chi connectivity index (χ0v) is 32.9. The second-order valence-corrected chi connectivity index (χ2v) is 15.0. The third-order valence-electron chi connectivity index (χ3n) is 10.2. The van der Waals surface area contributed by atoms with Crippen LogP contribution in [0, 0.1) is 0 Å². The highest BCUT2D eigenvalue weighted by atomic mass is 16.7.